The Morgan fingerprint density at radius 1 is 0.923 bits per heavy atom. The summed E-state index contributed by atoms with van der Waals surface area (Å²) < 4.78 is 1.81. The Bertz CT molecular complexity index is 970. The van der Waals surface area contributed by atoms with Crippen molar-refractivity contribution in [1.82, 2.24) is 4.57 Å². The number of aryl methyl sites for hydroxylation is 3. The molecule has 26 heavy (non-hydrogen) atoms. The largest absolute Gasteiger partial charge is 0.340 e. The third-order valence-electron chi connectivity index (χ3n) is 4.47. The van der Waals surface area contributed by atoms with Crippen molar-refractivity contribution in [3.05, 3.63) is 88.7 Å². The highest BCUT2D eigenvalue weighted by Gasteiger charge is 2.20. The Balaban J connectivity index is 1.77. The van der Waals surface area contributed by atoms with Crippen molar-refractivity contribution in [3.63, 3.8) is 0 Å². The van der Waals surface area contributed by atoms with Crippen LogP contribution >= 0.6 is 0 Å². The van der Waals surface area contributed by atoms with E-state index in [9.17, 15) is 9.59 Å². The first-order valence-electron chi connectivity index (χ1n) is 8.57. The first-order valence-corrected chi connectivity index (χ1v) is 8.57. The molecule has 0 saturated carbocycles. The molecule has 0 aliphatic heterocycles. The average molecular weight is 346 g/mol. The summed E-state index contributed by atoms with van der Waals surface area (Å²) in [5.74, 6) is -1.17. The molecule has 0 aliphatic carbocycles. The van der Waals surface area contributed by atoms with E-state index in [1.165, 1.54) is 11.1 Å². The van der Waals surface area contributed by atoms with Crippen LogP contribution in [-0.2, 0) is 11.3 Å². The lowest BCUT2D eigenvalue weighted by Crippen LogP contribution is -2.25. The smallest absolute Gasteiger partial charge is 0.298 e. The van der Waals surface area contributed by atoms with Gasteiger partial charge in [0.1, 0.15) is 0 Å². The zero-order valence-electron chi connectivity index (χ0n) is 15.2. The molecule has 0 unspecified atom stereocenters. The quantitative estimate of drug-likeness (QED) is 0.554. The van der Waals surface area contributed by atoms with Crippen LogP contribution < -0.4 is 5.32 Å². The lowest BCUT2D eigenvalue weighted by Gasteiger charge is -2.11. The molecule has 3 rings (SSSR count). The number of carbonyl (C=O) groups excluding carboxylic acids is 2. The fourth-order valence-corrected chi connectivity index (χ4v) is 2.88. The van der Waals surface area contributed by atoms with E-state index in [1.807, 2.05) is 42.0 Å². The number of hydrogen-bond donors (Lipinski definition) is 1. The van der Waals surface area contributed by atoms with Gasteiger partial charge in [-0.3, -0.25) is 9.59 Å². The Kier molecular flexibility index (Phi) is 5.03. The van der Waals surface area contributed by atoms with E-state index in [2.05, 4.69) is 31.3 Å². The highest BCUT2D eigenvalue weighted by molar-refractivity contribution is 6.46. The number of nitrogens with one attached hydrogen (secondary N) is 1. The summed E-state index contributed by atoms with van der Waals surface area (Å²) in [5, 5.41) is 2.68. The van der Waals surface area contributed by atoms with Crippen molar-refractivity contribution in [3.8, 4) is 0 Å². The van der Waals surface area contributed by atoms with Crippen LogP contribution in [0.1, 0.15) is 32.7 Å². The van der Waals surface area contributed by atoms with Gasteiger partial charge in [-0.1, -0.05) is 30.3 Å². The van der Waals surface area contributed by atoms with Crippen LogP contribution in [0, 0.1) is 20.8 Å². The standard InChI is InChI=1S/C22H22N2O2/c1-15-6-4-7-19(12-15)23-22(26)21(25)20-8-5-11-24(20)14-18-10-9-16(2)17(3)13-18/h4-13H,14H2,1-3H3,(H,23,26). The Morgan fingerprint density at radius 3 is 2.46 bits per heavy atom. The van der Waals surface area contributed by atoms with Crippen LogP contribution in [0.4, 0.5) is 5.69 Å². The summed E-state index contributed by atoms with van der Waals surface area (Å²) in [6.07, 6.45) is 1.82. The number of rotatable bonds is 5. The minimum Gasteiger partial charge on any atom is -0.340 e. The molecule has 0 fully saturated rings. The zero-order valence-corrected chi connectivity index (χ0v) is 15.2. The van der Waals surface area contributed by atoms with Crippen LogP contribution in [0.5, 0.6) is 0 Å². The Morgan fingerprint density at radius 2 is 1.73 bits per heavy atom. The maximum Gasteiger partial charge on any atom is 0.298 e. The minimum atomic E-state index is -0.629. The summed E-state index contributed by atoms with van der Waals surface area (Å²) in [6, 6.07) is 17.1. The molecule has 4 heteroatoms. The lowest BCUT2D eigenvalue weighted by atomic mass is 10.1. The molecule has 3 aromatic rings. The van der Waals surface area contributed by atoms with Gasteiger partial charge in [0.15, 0.2) is 0 Å². The molecule has 0 spiro atoms. The maximum absolute atomic E-state index is 12.6. The average Bonchev–Trinajstić information content (AvgIpc) is 3.05. The van der Waals surface area contributed by atoms with E-state index in [1.54, 1.807) is 18.2 Å². The second-order valence-corrected chi connectivity index (χ2v) is 6.59. The molecule has 0 bridgehead atoms. The highest BCUT2D eigenvalue weighted by Crippen LogP contribution is 2.15. The van der Waals surface area contributed by atoms with Gasteiger partial charge in [-0.25, -0.2) is 0 Å². The zero-order chi connectivity index (χ0) is 18.7. The molecule has 2 aromatic carbocycles. The number of benzene rings is 2. The van der Waals surface area contributed by atoms with Crippen molar-refractivity contribution in [1.29, 1.82) is 0 Å². The Labute approximate surface area is 153 Å². The van der Waals surface area contributed by atoms with Crippen LogP contribution in [0.15, 0.2) is 60.8 Å². The monoisotopic (exact) mass is 346 g/mol. The second kappa shape index (κ2) is 7.40. The van der Waals surface area contributed by atoms with E-state index in [4.69, 9.17) is 0 Å². The van der Waals surface area contributed by atoms with E-state index in [0.29, 0.717) is 17.9 Å². The number of anilines is 1. The molecular weight excluding hydrogens is 324 g/mol. The van der Waals surface area contributed by atoms with Gasteiger partial charge in [0, 0.05) is 18.4 Å². The molecule has 132 valence electrons. The number of hydrogen-bond acceptors (Lipinski definition) is 2. The number of aromatic nitrogens is 1. The van der Waals surface area contributed by atoms with Crippen molar-refractivity contribution < 1.29 is 9.59 Å². The van der Waals surface area contributed by atoms with Gasteiger partial charge in [0.25, 0.3) is 11.7 Å². The van der Waals surface area contributed by atoms with E-state index >= 15 is 0 Å². The van der Waals surface area contributed by atoms with Crippen LogP contribution in [0.2, 0.25) is 0 Å². The summed E-state index contributed by atoms with van der Waals surface area (Å²) in [5.41, 5.74) is 5.56. The third kappa shape index (κ3) is 3.91. The van der Waals surface area contributed by atoms with Gasteiger partial charge in [0.2, 0.25) is 0 Å². The number of Topliss-reactive ketones (excluding diaryl/α,β-unsaturated/α-hetero) is 1. The van der Waals surface area contributed by atoms with Crippen molar-refractivity contribution in [2.75, 3.05) is 5.32 Å². The first kappa shape index (κ1) is 17.7. The van der Waals surface area contributed by atoms with Gasteiger partial charge in [-0.15, -0.1) is 0 Å². The molecule has 0 saturated heterocycles. The summed E-state index contributed by atoms with van der Waals surface area (Å²) in [4.78, 5) is 24.9. The lowest BCUT2D eigenvalue weighted by molar-refractivity contribution is -0.112. The maximum atomic E-state index is 12.6. The van der Waals surface area contributed by atoms with Gasteiger partial charge in [0.05, 0.1) is 5.69 Å². The predicted octanol–water partition coefficient (Wildman–Crippen LogP) is 4.28. The number of ketones is 1. The summed E-state index contributed by atoms with van der Waals surface area (Å²) >= 11 is 0. The van der Waals surface area contributed by atoms with Crippen molar-refractivity contribution in [2.24, 2.45) is 0 Å². The highest BCUT2D eigenvalue weighted by atomic mass is 16.2. The van der Waals surface area contributed by atoms with Crippen LogP contribution in [0.3, 0.4) is 0 Å². The second-order valence-electron chi connectivity index (χ2n) is 6.59. The topological polar surface area (TPSA) is 51.1 Å². The molecular formula is C22H22N2O2. The molecule has 0 atom stereocenters. The van der Waals surface area contributed by atoms with Gasteiger partial charge in [-0.05, 0) is 67.3 Å². The molecule has 1 aromatic heterocycles. The van der Waals surface area contributed by atoms with Crippen molar-refractivity contribution >= 4 is 17.4 Å². The molecule has 1 N–H and O–H groups in total. The summed E-state index contributed by atoms with van der Waals surface area (Å²) in [7, 11) is 0. The summed E-state index contributed by atoms with van der Waals surface area (Å²) in [6.45, 7) is 6.62. The first-order chi connectivity index (χ1) is 12.4. The van der Waals surface area contributed by atoms with E-state index < -0.39 is 11.7 Å². The minimum absolute atomic E-state index is 0.383. The van der Waals surface area contributed by atoms with Crippen LogP contribution in [0.25, 0.3) is 0 Å². The van der Waals surface area contributed by atoms with E-state index in [0.717, 1.165) is 11.1 Å². The molecule has 0 radical (unpaired) electrons. The van der Waals surface area contributed by atoms with Crippen molar-refractivity contribution in [2.45, 2.75) is 27.3 Å². The fraction of sp³-hybridized carbons (Fsp3) is 0.182. The molecule has 1 amide bonds. The SMILES string of the molecule is Cc1cccc(NC(=O)C(=O)c2cccn2Cc2ccc(C)c(C)c2)c1. The predicted molar refractivity (Wildman–Crippen MR) is 104 cm³/mol. The van der Waals surface area contributed by atoms with Gasteiger partial charge < -0.3 is 9.88 Å². The van der Waals surface area contributed by atoms with Gasteiger partial charge >= 0.3 is 0 Å². The van der Waals surface area contributed by atoms with E-state index in [-0.39, 0.29) is 0 Å². The normalized spacial score (nSPS) is 10.6. The molecule has 4 nitrogen and oxygen atoms in total. The number of amides is 1. The fourth-order valence-electron chi connectivity index (χ4n) is 2.88. The Hall–Kier alpha value is -3.14. The van der Waals surface area contributed by atoms with Crippen LogP contribution in [-0.4, -0.2) is 16.3 Å². The number of carbonyl (C=O) groups is 2. The molecule has 1 heterocycles. The third-order valence-corrected chi connectivity index (χ3v) is 4.47. The molecule has 0 aliphatic rings. The number of nitrogens with zero attached hydrogens (tertiary/aromatic N) is 1. The van der Waals surface area contributed by atoms with Gasteiger partial charge in [-0.2, -0.15) is 0 Å².